The molecule has 128 valence electrons. The van der Waals surface area contributed by atoms with E-state index in [4.69, 9.17) is 0 Å². The van der Waals surface area contributed by atoms with Crippen LogP contribution in [0.4, 0.5) is 0 Å². The molecule has 1 atom stereocenters. The summed E-state index contributed by atoms with van der Waals surface area (Å²) < 4.78 is 0. The molecule has 0 radical (unpaired) electrons. The fourth-order valence-electron chi connectivity index (χ4n) is 2.06. The first kappa shape index (κ1) is 18.2. The van der Waals surface area contributed by atoms with E-state index < -0.39 is 17.9 Å². The van der Waals surface area contributed by atoms with Crippen LogP contribution < -0.4 is 10.6 Å². The summed E-state index contributed by atoms with van der Waals surface area (Å²) in [6.07, 6.45) is -0.685. The maximum Gasteiger partial charge on any atom is 0.309 e. The quantitative estimate of drug-likeness (QED) is 0.702. The Morgan fingerprint density at radius 1 is 1.04 bits per heavy atom. The van der Waals surface area contributed by atoms with Crippen molar-refractivity contribution in [1.29, 1.82) is 0 Å². The number of benzene rings is 1. The summed E-state index contributed by atoms with van der Waals surface area (Å²) in [6, 6.07) is 13.1. The molecule has 0 aliphatic rings. The third-order valence-corrected chi connectivity index (χ3v) is 4.51. The molecule has 0 aliphatic heterocycles. The van der Waals surface area contributed by atoms with Gasteiger partial charge < -0.3 is 15.7 Å². The highest BCUT2D eigenvalue weighted by Crippen LogP contribution is 2.28. The van der Waals surface area contributed by atoms with Crippen molar-refractivity contribution >= 4 is 23.2 Å². The highest BCUT2D eigenvalue weighted by atomic mass is 32.1. The number of hydrogen-bond donors (Lipinski definition) is 3. The molecule has 0 saturated carbocycles. The topological polar surface area (TPSA) is 78.4 Å². The third kappa shape index (κ3) is 5.18. The standard InChI is InChI=1S/C18H22N2O3S/c1-12(2)10-19-17(22)18(23)20-11-14-8-9-15(24-14)16(21)13-6-4-3-5-7-13/h3-9,12,16,21H,10-11H2,1-2H3,(H,19,22)(H,20,23). The highest BCUT2D eigenvalue weighted by molar-refractivity contribution is 7.12. The van der Waals surface area contributed by atoms with Gasteiger partial charge in [-0.2, -0.15) is 0 Å². The van der Waals surface area contributed by atoms with Crippen molar-refractivity contribution in [3.63, 3.8) is 0 Å². The van der Waals surface area contributed by atoms with Crippen LogP contribution in [0.3, 0.4) is 0 Å². The molecule has 1 unspecified atom stereocenters. The minimum atomic E-state index is -0.685. The van der Waals surface area contributed by atoms with Gasteiger partial charge in [0.1, 0.15) is 6.10 Å². The zero-order valence-corrected chi connectivity index (χ0v) is 14.6. The Balaban J connectivity index is 1.88. The molecule has 0 fully saturated rings. The molecule has 24 heavy (non-hydrogen) atoms. The third-order valence-electron chi connectivity index (χ3n) is 3.37. The first-order chi connectivity index (χ1) is 11.5. The van der Waals surface area contributed by atoms with Crippen LogP contribution in [-0.2, 0) is 16.1 Å². The Morgan fingerprint density at radius 3 is 2.38 bits per heavy atom. The number of hydrogen-bond acceptors (Lipinski definition) is 4. The molecule has 5 nitrogen and oxygen atoms in total. The van der Waals surface area contributed by atoms with E-state index in [1.165, 1.54) is 11.3 Å². The molecular formula is C18H22N2O3S. The van der Waals surface area contributed by atoms with Gasteiger partial charge in [0, 0.05) is 16.3 Å². The lowest BCUT2D eigenvalue weighted by Gasteiger charge is -2.08. The van der Waals surface area contributed by atoms with Crippen molar-refractivity contribution in [3.8, 4) is 0 Å². The Kier molecular flexibility index (Phi) is 6.52. The van der Waals surface area contributed by atoms with Crippen LogP contribution in [0.5, 0.6) is 0 Å². The number of amides is 2. The predicted octanol–water partition coefficient (Wildman–Crippen LogP) is 2.22. The Morgan fingerprint density at radius 2 is 1.71 bits per heavy atom. The smallest absolute Gasteiger partial charge is 0.309 e. The molecule has 2 aromatic rings. The first-order valence-electron chi connectivity index (χ1n) is 7.85. The van der Waals surface area contributed by atoms with E-state index in [2.05, 4.69) is 10.6 Å². The lowest BCUT2D eigenvalue weighted by atomic mass is 10.1. The van der Waals surface area contributed by atoms with Crippen LogP contribution in [-0.4, -0.2) is 23.5 Å². The molecule has 1 heterocycles. The van der Waals surface area contributed by atoms with Crippen molar-refractivity contribution in [1.82, 2.24) is 10.6 Å². The van der Waals surface area contributed by atoms with Gasteiger partial charge >= 0.3 is 11.8 Å². The summed E-state index contributed by atoms with van der Waals surface area (Å²) in [7, 11) is 0. The zero-order chi connectivity index (χ0) is 17.5. The number of rotatable bonds is 6. The second kappa shape index (κ2) is 8.61. The average Bonchev–Trinajstić information content (AvgIpc) is 3.06. The number of thiophene rings is 1. The molecule has 1 aromatic carbocycles. The molecule has 0 saturated heterocycles. The van der Waals surface area contributed by atoms with Gasteiger partial charge in [0.15, 0.2) is 0 Å². The number of carbonyl (C=O) groups is 2. The van der Waals surface area contributed by atoms with Crippen LogP contribution >= 0.6 is 11.3 Å². The van der Waals surface area contributed by atoms with Crippen molar-refractivity contribution in [2.75, 3.05) is 6.54 Å². The lowest BCUT2D eigenvalue weighted by molar-refractivity contribution is -0.139. The van der Waals surface area contributed by atoms with E-state index >= 15 is 0 Å². The normalized spacial score (nSPS) is 12.0. The van der Waals surface area contributed by atoms with Crippen LogP contribution in [0.15, 0.2) is 42.5 Å². The molecule has 0 bridgehead atoms. The molecule has 2 amide bonds. The van der Waals surface area contributed by atoms with E-state index in [0.29, 0.717) is 12.5 Å². The largest absolute Gasteiger partial charge is 0.383 e. The first-order valence-corrected chi connectivity index (χ1v) is 8.66. The number of aliphatic hydroxyl groups is 1. The maximum atomic E-state index is 11.7. The summed E-state index contributed by atoms with van der Waals surface area (Å²) in [5, 5.41) is 15.5. The van der Waals surface area contributed by atoms with E-state index in [1.807, 2.05) is 56.3 Å². The average molecular weight is 346 g/mol. The monoisotopic (exact) mass is 346 g/mol. The van der Waals surface area contributed by atoms with Crippen molar-refractivity contribution in [2.45, 2.75) is 26.5 Å². The fraction of sp³-hybridized carbons (Fsp3) is 0.333. The van der Waals surface area contributed by atoms with Gasteiger partial charge in [-0.05, 0) is 23.6 Å². The second-order valence-corrected chi connectivity index (χ2v) is 7.10. The van der Waals surface area contributed by atoms with E-state index in [-0.39, 0.29) is 6.54 Å². The molecule has 6 heteroatoms. The van der Waals surface area contributed by atoms with E-state index in [0.717, 1.165) is 15.3 Å². The van der Waals surface area contributed by atoms with Gasteiger partial charge in [0.25, 0.3) is 0 Å². The number of carbonyl (C=O) groups excluding carboxylic acids is 2. The van der Waals surface area contributed by atoms with E-state index in [9.17, 15) is 14.7 Å². The van der Waals surface area contributed by atoms with Gasteiger partial charge in [-0.25, -0.2) is 0 Å². The molecule has 2 rings (SSSR count). The predicted molar refractivity (Wildman–Crippen MR) is 94.5 cm³/mol. The van der Waals surface area contributed by atoms with Gasteiger partial charge in [-0.15, -0.1) is 11.3 Å². The molecule has 0 spiro atoms. The van der Waals surface area contributed by atoms with Gasteiger partial charge in [-0.1, -0.05) is 44.2 Å². The molecule has 1 aromatic heterocycles. The maximum absolute atomic E-state index is 11.7. The Bertz CT molecular complexity index is 683. The van der Waals surface area contributed by atoms with Crippen LogP contribution in [0, 0.1) is 5.92 Å². The Labute approximate surface area is 145 Å². The van der Waals surface area contributed by atoms with Crippen LogP contribution in [0.1, 0.15) is 35.3 Å². The second-order valence-electron chi connectivity index (χ2n) is 5.90. The van der Waals surface area contributed by atoms with Crippen LogP contribution in [0.25, 0.3) is 0 Å². The molecule has 3 N–H and O–H groups in total. The SMILES string of the molecule is CC(C)CNC(=O)C(=O)NCc1ccc(C(O)c2ccccc2)s1. The minimum absolute atomic E-state index is 0.264. The van der Waals surface area contributed by atoms with Crippen LogP contribution in [0.2, 0.25) is 0 Å². The van der Waals surface area contributed by atoms with E-state index in [1.54, 1.807) is 0 Å². The number of nitrogens with one attached hydrogen (secondary N) is 2. The molecule has 0 aliphatic carbocycles. The number of aliphatic hydroxyl groups excluding tert-OH is 1. The summed E-state index contributed by atoms with van der Waals surface area (Å²) >= 11 is 1.41. The summed E-state index contributed by atoms with van der Waals surface area (Å²) in [5.74, 6) is -0.972. The summed E-state index contributed by atoms with van der Waals surface area (Å²) in [4.78, 5) is 25.0. The Hall–Kier alpha value is -2.18. The van der Waals surface area contributed by atoms with Crippen molar-refractivity contribution in [2.24, 2.45) is 5.92 Å². The van der Waals surface area contributed by atoms with Crippen molar-refractivity contribution < 1.29 is 14.7 Å². The molecular weight excluding hydrogens is 324 g/mol. The fourth-order valence-corrected chi connectivity index (χ4v) is 3.03. The zero-order valence-electron chi connectivity index (χ0n) is 13.8. The van der Waals surface area contributed by atoms with Gasteiger partial charge in [0.2, 0.25) is 0 Å². The highest BCUT2D eigenvalue weighted by Gasteiger charge is 2.15. The van der Waals surface area contributed by atoms with Crippen molar-refractivity contribution in [3.05, 3.63) is 57.8 Å². The summed E-state index contributed by atoms with van der Waals surface area (Å²) in [5.41, 5.74) is 0.822. The summed E-state index contributed by atoms with van der Waals surface area (Å²) in [6.45, 7) is 4.66. The minimum Gasteiger partial charge on any atom is -0.383 e. The van der Waals surface area contributed by atoms with Gasteiger partial charge in [0.05, 0.1) is 6.54 Å². The van der Waals surface area contributed by atoms with Gasteiger partial charge in [-0.3, -0.25) is 9.59 Å². The lowest BCUT2D eigenvalue weighted by Crippen LogP contribution is -2.40.